The minimum Gasteiger partial charge on any atom is -0.342 e. The van der Waals surface area contributed by atoms with E-state index in [0.29, 0.717) is 34.2 Å². The Morgan fingerprint density at radius 2 is 1.77 bits per heavy atom. The van der Waals surface area contributed by atoms with Gasteiger partial charge in [-0.3, -0.25) is 18.7 Å². The molecule has 0 bridgehead atoms. The van der Waals surface area contributed by atoms with Gasteiger partial charge in [0.1, 0.15) is 16.2 Å². The third-order valence-electron chi connectivity index (χ3n) is 6.73. The van der Waals surface area contributed by atoms with Gasteiger partial charge in [0.25, 0.3) is 5.56 Å². The molecule has 186 valence electrons. The number of piperidine rings is 1. The van der Waals surface area contributed by atoms with Crippen LogP contribution in [0, 0.1) is 5.92 Å². The van der Waals surface area contributed by atoms with Crippen LogP contribution in [0.5, 0.6) is 0 Å². The maximum Gasteiger partial charge on any atom is 0.332 e. The minimum atomic E-state index is -0.429. The average Bonchev–Trinajstić information content (AvgIpc) is 2.88. The van der Waals surface area contributed by atoms with E-state index in [-0.39, 0.29) is 11.7 Å². The first-order chi connectivity index (χ1) is 16.9. The molecule has 0 saturated carbocycles. The fourth-order valence-corrected chi connectivity index (χ4v) is 5.51. The Morgan fingerprint density at radius 1 is 1.06 bits per heavy atom. The normalized spacial score (nSPS) is 14.5. The zero-order chi connectivity index (χ0) is 24.9. The van der Waals surface area contributed by atoms with Gasteiger partial charge in [0.2, 0.25) is 5.91 Å². The molecule has 0 atom stereocenters. The monoisotopic (exact) mass is 495 g/mol. The summed E-state index contributed by atoms with van der Waals surface area (Å²) in [7, 11) is 3.06. The van der Waals surface area contributed by atoms with Crippen LogP contribution in [0.2, 0.25) is 0 Å². The van der Waals surface area contributed by atoms with Crippen molar-refractivity contribution in [3.63, 3.8) is 0 Å². The smallest absolute Gasteiger partial charge is 0.332 e. The van der Waals surface area contributed by atoms with E-state index in [9.17, 15) is 14.4 Å². The van der Waals surface area contributed by atoms with Crippen molar-refractivity contribution in [1.29, 1.82) is 0 Å². The van der Waals surface area contributed by atoms with Crippen molar-refractivity contribution in [3.8, 4) is 0 Å². The molecule has 1 aliphatic rings. The molecule has 1 amide bonds. The Bertz CT molecular complexity index is 1310. The van der Waals surface area contributed by atoms with Crippen molar-refractivity contribution in [3.05, 3.63) is 62.6 Å². The summed E-state index contributed by atoms with van der Waals surface area (Å²) in [5.41, 5.74) is 0.823. The molecular formula is C26H33N5O3S. The Hall–Kier alpha value is -2.94. The molecule has 4 rings (SSSR count). The Balaban J connectivity index is 1.48. The quantitative estimate of drug-likeness (QED) is 0.353. The molecule has 9 heteroatoms. The van der Waals surface area contributed by atoms with Crippen LogP contribution < -0.4 is 11.2 Å². The largest absolute Gasteiger partial charge is 0.342 e. The number of aromatic nitrogens is 4. The maximum atomic E-state index is 13.0. The molecule has 0 aliphatic carbocycles. The lowest BCUT2D eigenvalue weighted by Crippen LogP contribution is -2.40. The highest BCUT2D eigenvalue weighted by molar-refractivity contribution is 8.00. The number of rotatable bonds is 8. The van der Waals surface area contributed by atoms with E-state index in [1.807, 2.05) is 11.0 Å². The number of benzene rings is 1. The number of hydrogen-bond acceptors (Lipinski definition) is 6. The van der Waals surface area contributed by atoms with Gasteiger partial charge in [-0.25, -0.2) is 14.8 Å². The molecule has 0 radical (unpaired) electrons. The number of amides is 1. The summed E-state index contributed by atoms with van der Waals surface area (Å²) in [5.74, 6) is 1.44. The summed E-state index contributed by atoms with van der Waals surface area (Å²) in [4.78, 5) is 49.5. The van der Waals surface area contributed by atoms with Gasteiger partial charge in [-0.1, -0.05) is 55.4 Å². The van der Waals surface area contributed by atoms with Crippen LogP contribution in [0.25, 0.3) is 11.0 Å². The zero-order valence-corrected chi connectivity index (χ0v) is 21.5. The zero-order valence-electron chi connectivity index (χ0n) is 20.7. The minimum absolute atomic E-state index is 0.0525. The summed E-state index contributed by atoms with van der Waals surface area (Å²) in [5, 5.41) is 0.777. The average molecular weight is 496 g/mol. The van der Waals surface area contributed by atoms with Crippen molar-refractivity contribution in [2.75, 3.05) is 18.8 Å². The number of carbonyl (C=O) groups is 1. The first-order valence-corrected chi connectivity index (χ1v) is 13.3. The van der Waals surface area contributed by atoms with Gasteiger partial charge in [-0.2, -0.15) is 0 Å². The summed E-state index contributed by atoms with van der Waals surface area (Å²) in [6.07, 6.45) is 5.58. The molecule has 0 N–H and O–H groups in total. The molecule has 1 saturated heterocycles. The van der Waals surface area contributed by atoms with Crippen molar-refractivity contribution in [2.24, 2.45) is 20.0 Å². The van der Waals surface area contributed by atoms with E-state index in [1.165, 1.54) is 28.9 Å². The summed E-state index contributed by atoms with van der Waals surface area (Å²) < 4.78 is 2.46. The van der Waals surface area contributed by atoms with Crippen LogP contribution in [0.1, 0.15) is 44.0 Å². The molecule has 1 aromatic carbocycles. The second-order valence-electron chi connectivity index (χ2n) is 9.26. The molecule has 3 aromatic rings. The van der Waals surface area contributed by atoms with Gasteiger partial charge in [0.05, 0.1) is 5.75 Å². The summed E-state index contributed by atoms with van der Waals surface area (Å²) in [6, 6.07) is 10.5. The van der Waals surface area contributed by atoms with Crippen LogP contribution in [0.3, 0.4) is 0 Å². The number of fused-ring (bicyclic) bond motifs is 1. The van der Waals surface area contributed by atoms with E-state index in [1.54, 1.807) is 7.05 Å². The predicted octanol–water partition coefficient (Wildman–Crippen LogP) is 2.94. The summed E-state index contributed by atoms with van der Waals surface area (Å²) in [6.45, 7) is 3.59. The number of likely N-dealkylation sites (tertiary alicyclic amines) is 1. The number of carbonyl (C=O) groups excluding carboxylic acids is 1. The second-order valence-corrected chi connectivity index (χ2v) is 10.2. The molecule has 0 unspecified atom stereocenters. The molecule has 1 fully saturated rings. The third-order valence-corrected chi connectivity index (χ3v) is 7.69. The lowest BCUT2D eigenvalue weighted by molar-refractivity contribution is -0.129. The highest BCUT2D eigenvalue weighted by Crippen LogP contribution is 2.25. The summed E-state index contributed by atoms with van der Waals surface area (Å²) >= 11 is 1.27. The molecular weight excluding hydrogens is 462 g/mol. The van der Waals surface area contributed by atoms with Crippen molar-refractivity contribution in [1.82, 2.24) is 24.0 Å². The van der Waals surface area contributed by atoms with Crippen LogP contribution in [-0.2, 0) is 31.7 Å². The van der Waals surface area contributed by atoms with E-state index in [0.717, 1.165) is 49.8 Å². The Labute approximate surface area is 209 Å². The van der Waals surface area contributed by atoms with Crippen LogP contribution in [0.4, 0.5) is 0 Å². The van der Waals surface area contributed by atoms with Gasteiger partial charge in [0.15, 0.2) is 5.65 Å². The van der Waals surface area contributed by atoms with Gasteiger partial charge in [0, 0.05) is 33.6 Å². The first kappa shape index (κ1) is 25.2. The van der Waals surface area contributed by atoms with Crippen LogP contribution in [0.15, 0.2) is 44.9 Å². The maximum absolute atomic E-state index is 13.0. The molecule has 1 aliphatic heterocycles. The molecule has 8 nitrogen and oxygen atoms in total. The van der Waals surface area contributed by atoms with E-state index in [4.69, 9.17) is 0 Å². The topological polar surface area (TPSA) is 90.1 Å². The fraction of sp³-hybridized carbons (Fsp3) is 0.500. The standard InChI is InChI=1S/C26H33N5O3S/c1-4-5-11-20-27-23-22(25(33)30(3)26(34)29(23)2)24(28-20)35-17-21(32)31-14-12-19(13-15-31)16-18-9-7-6-8-10-18/h6-10,19H,4-5,11-17H2,1-3H3. The van der Waals surface area contributed by atoms with Crippen molar-refractivity contribution < 1.29 is 4.79 Å². The molecule has 35 heavy (non-hydrogen) atoms. The number of thioether (sulfide) groups is 1. The van der Waals surface area contributed by atoms with Gasteiger partial charge in [-0.15, -0.1) is 0 Å². The van der Waals surface area contributed by atoms with E-state index in [2.05, 4.69) is 41.2 Å². The Morgan fingerprint density at radius 3 is 2.46 bits per heavy atom. The van der Waals surface area contributed by atoms with E-state index >= 15 is 0 Å². The SMILES string of the molecule is CCCCc1nc(SCC(=O)N2CCC(Cc3ccccc3)CC2)c2c(=O)n(C)c(=O)n(C)c2n1. The number of nitrogens with zero attached hydrogens (tertiary/aromatic N) is 5. The fourth-order valence-electron chi connectivity index (χ4n) is 4.58. The third kappa shape index (κ3) is 5.66. The predicted molar refractivity (Wildman–Crippen MR) is 139 cm³/mol. The van der Waals surface area contributed by atoms with E-state index < -0.39 is 11.2 Å². The van der Waals surface area contributed by atoms with Gasteiger partial charge in [-0.05, 0) is 37.2 Å². The Kier molecular flexibility index (Phi) is 8.05. The van der Waals surface area contributed by atoms with Crippen LogP contribution >= 0.6 is 11.8 Å². The second kappa shape index (κ2) is 11.2. The number of unbranched alkanes of at least 4 members (excludes halogenated alkanes) is 1. The number of aryl methyl sites for hydroxylation is 2. The molecule has 0 spiro atoms. The van der Waals surface area contributed by atoms with Crippen molar-refractivity contribution >= 4 is 28.7 Å². The molecule has 2 aromatic heterocycles. The van der Waals surface area contributed by atoms with Crippen molar-refractivity contribution in [2.45, 2.75) is 50.5 Å². The lowest BCUT2D eigenvalue weighted by atomic mass is 9.90. The van der Waals surface area contributed by atoms with Crippen LogP contribution in [-0.4, -0.2) is 48.8 Å². The lowest BCUT2D eigenvalue weighted by Gasteiger charge is -2.32. The highest BCUT2D eigenvalue weighted by Gasteiger charge is 2.24. The molecule has 3 heterocycles. The van der Waals surface area contributed by atoms with Gasteiger partial charge >= 0.3 is 5.69 Å². The highest BCUT2D eigenvalue weighted by atomic mass is 32.2. The van der Waals surface area contributed by atoms with Gasteiger partial charge < -0.3 is 4.90 Å². The number of hydrogen-bond donors (Lipinski definition) is 0. The first-order valence-electron chi connectivity index (χ1n) is 12.3.